The van der Waals surface area contributed by atoms with E-state index in [4.69, 9.17) is 4.74 Å². The standard InChI is InChI=1S/C13H14F3NO2S/c1-19-8-11(18)17-5-6-20-12(17)9-3-2-4-10(7-9)13(14,15)16/h2-4,7,12H,5-6,8H2,1H3. The Balaban J connectivity index is 2.24. The van der Waals surface area contributed by atoms with Crippen LogP contribution in [0.5, 0.6) is 0 Å². The number of ether oxygens (including phenoxy) is 1. The van der Waals surface area contributed by atoms with E-state index >= 15 is 0 Å². The largest absolute Gasteiger partial charge is 0.416 e. The molecule has 1 atom stereocenters. The van der Waals surface area contributed by atoms with E-state index in [1.54, 1.807) is 11.0 Å². The van der Waals surface area contributed by atoms with Crippen molar-refractivity contribution in [3.8, 4) is 0 Å². The quantitative estimate of drug-likeness (QED) is 0.860. The summed E-state index contributed by atoms with van der Waals surface area (Å²) in [7, 11) is 1.42. The van der Waals surface area contributed by atoms with Gasteiger partial charge in [0, 0.05) is 19.4 Å². The Hall–Kier alpha value is -1.21. The van der Waals surface area contributed by atoms with Gasteiger partial charge in [-0.3, -0.25) is 4.79 Å². The first-order chi connectivity index (χ1) is 9.43. The maximum absolute atomic E-state index is 12.7. The van der Waals surface area contributed by atoms with E-state index in [9.17, 15) is 18.0 Å². The number of nitrogens with zero attached hydrogens (tertiary/aromatic N) is 1. The summed E-state index contributed by atoms with van der Waals surface area (Å²) in [6.07, 6.45) is -4.37. The Morgan fingerprint density at radius 2 is 2.25 bits per heavy atom. The highest BCUT2D eigenvalue weighted by Gasteiger charge is 2.34. The van der Waals surface area contributed by atoms with Gasteiger partial charge in [0.1, 0.15) is 12.0 Å². The Morgan fingerprint density at radius 3 is 2.90 bits per heavy atom. The van der Waals surface area contributed by atoms with Gasteiger partial charge in [0.05, 0.1) is 5.56 Å². The van der Waals surface area contributed by atoms with E-state index in [0.29, 0.717) is 17.9 Å². The molecule has 1 aromatic rings. The van der Waals surface area contributed by atoms with Crippen LogP contribution in [-0.4, -0.2) is 36.8 Å². The van der Waals surface area contributed by atoms with E-state index in [-0.39, 0.29) is 17.9 Å². The molecule has 1 aliphatic rings. The zero-order valence-electron chi connectivity index (χ0n) is 10.8. The van der Waals surface area contributed by atoms with Crippen LogP contribution in [0, 0.1) is 0 Å². The number of rotatable bonds is 3. The van der Waals surface area contributed by atoms with Gasteiger partial charge in [-0.15, -0.1) is 11.8 Å². The third-order valence-corrected chi connectivity index (χ3v) is 4.24. The molecule has 1 fully saturated rings. The number of carbonyl (C=O) groups is 1. The van der Waals surface area contributed by atoms with Crippen LogP contribution in [0.2, 0.25) is 0 Å². The first-order valence-corrected chi connectivity index (χ1v) is 7.05. The van der Waals surface area contributed by atoms with Gasteiger partial charge in [-0.2, -0.15) is 13.2 Å². The number of thioether (sulfide) groups is 1. The number of hydrogen-bond donors (Lipinski definition) is 0. The molecular formula is C13H14F3NO2S. The van der Waals surface area contributed by atoms with Crippen molar-refractivity contribution in [3.05, 3.63) is 35.4 Å². The smallest absolute Gasteiger partial charge is 0.375 e. The molecule has 1 aliphatic heterocycles. The van der Waals surface area contributed by atoms with Crippen molar-refractivity contribution >= 4 is 17.7 Å². The second-order valence-electron chi connectivity index (χ2n) is 4.37. The van der Waals surface area contributed by atoms with Crippen LogP contribution in [0.4, 0.5) is 13.2 Å². The molecule has 0 N–H and O–H groups in total. The predicted molar refractivity (Wildman–Crippen MR) is 70.2 cm³/mol. The molecule has 0 spiro atoms. The number of halogens is 3. The van der Waals surface area contributed by atoms with Gasteiger partial charge < -0.3 is 9.64 Å². The third kappa shape index (κ3) is 3.27. The Bertz CT molecular complexity index is 493. The van der Waals surface area contributed by atoms with Crippen molar-refractivity contribution < 1.29 is 22.7 Å². The molecule has 1 saturated heterocycles. The summed E-state index contributed by atoms with van der Waals surface area (Å²) >= 11 is 1.46. The number of amides is 1. The molecule has 7 heteroatoms. The Labute approximate surface area is 119 Å². The minimum atomic E-state index is -4.37. The van der Waals surface area contributed by atoms with Crippen LogP contribution in [0.1, 0.15) is 16.5 Å². The van der Waals surface area contributed by atoms with Crippen molar-refractivity contribution in [1.82, 2.24) is 4.90 Å². The van der Waals surface area contributed by atoms with E-state index < -0.39 is 11.7 Å². The lowest BCUT2D eigenvalue weighted by molar-refractivity contribution is -0.137. The zero-order chi connectivity index (χ0) is 14.8. The molecule has 0 saturated carbocycles. The number of carbonyl (C=O) groups excluding carboxylic acids is 1. The minimum absolute atomic E-state index is 0.0595. The summed E-state index contributed by atoms with van der Waals surface area (Å²) in [5, 5.41) is -0.375. The molecule has 0 bridgehead atoms. The van der Waals surface area contributed by atoms with Crippen LogP contribution in [-0.2, 0) is 15.7 Å². The van der Waals surface area contributed by atoms with Gasteiger partial charge in [-0.1, -0.05) is 12.1 Å². The monoisotopic (exact) mass is 305 g/mol. The molecular weight excluding hydrogens is 291 g/mol. The van der Waals surface area contributed by atoms with Crippen molar-refractivity contribution in [3.63, 3.8) is 0 Å². The number of methoxy groups -OCH3 is 1. The summed E-state index contributed by atoms with van der Waals surface area (Å²) in [5.41, 5.74) is -0.201. The molecule has 3 nitrogen and oxygen atoms in total. The lowest BCUT2D eigenvalue weighted by Gasteiger charge is -2.24. The molecule has 1 unspecified atom stereocenters. The first-order valence-electron chi connectivity index (χ1n) is 6.00. The average molecular weight is 305 g/mol. The Kier molecular flexibility index (Phi) is 4.59. The Morgan fingerprint density at radius 1 is 1.50 bits per heavy atom. The van der Waals surface area contributed by atoms with Crippen LogP contribution in [0.3, 0.4) is 0 Å². The lowest BCUT2D eigenvalue weighted by Crippen LogP contribution is -2.33. The molecule has 20 heavy (non-hydrogen) atoms. The van der Waals surface area contributed by atoms with E-state index in [2.05, 4.69) is 0 Å². The van der Waals surface area contributed by atoms with Crippen molar-refractivity contribution in [2.75, 3.05) is 26.0 Å². The summed E-state index contributed by atoms with van der Waals surface area (Å²) in [6, 6.07) is 5.13. The fraction of sp³-hybridized carbons (Fsp3) is 0.462. The van der Waals surface area contributed by atoms with Gasteiger partial charge in [0.2, 0.25) is 5.91 Å². The molecule has 1 amide bonds. The topological polar surface area (TPSA) is 29.5 Å². The number of benzene rings is 1. The molecule has 1 heterocycles. The van der Waals surface area contributed by atoms with Crippen molar-refractivity contribution in [1.29, 1.82) is 0 Å². The van der Waals surface area contributed by atoms with Crippen LogP contribution >= 0.6 is 11.8 Å². The molecule has 2 rings (SSSR count). The fourth-order valence-electron chi connectivity index (χ4n) is 2.08. The number of hydrogen-bond acceptors (Lipinski definition) is 3. The zero-order valence-corrected chi connectivity index (χ0v) is 11.6. The molecule has 1 aromatic carbocycles. The van der Waals surface area contributed by atoms with E-state index in [1.807, 2.05) is 0 Å². The van der Waals surface area contributed by atoms with Gasteiger partial charge in [-0.05, 0) is 17.7 Å². The van der Waals surface area contributed by atoms with Crippen LogP contribution < -0.4 is 0 Å². The number of alkyl halides is 3. The average Bonchev–Trinajstić information content (AvgIpc) is 2.87. The van der Waals surface area contributed by atoms with E-state index in [0.717, 1.165) is 12.1 Å². The minimum Gasteiger partial charge on any atom is -0.375 e. The fourth-order valence-corrected chi connectivity index (χ4v) is 3.34. The first kappa shape index (κ1) is 15.2. The maximum Gasteiger partial charge on any atom is 0.416 e. The highest BCUT2D eigenvalue weighted by molar-refractivity contribution is 7.99. The van der Waals surface area contributed by atoms with Crippen molar-refractivity contribution in [2.45, 2.75) is 11.6 Å². The third-order valence-electron chi connectivity index (χ3n) is 2.98. The van der Waals surface area contributed by atoms with Gasteiger partial charge in [-0.25, -0.2) is 0 Å². The predicted octanol–water partition coefficient (Wildman–Crippen LogP) is 2.93. The normalized spacial score (nSPS) is 19.4. The van der Waals surface area contributed by atoms with E-state index in [1.165, 1.54) is 24.9 Å². The molecule has 0 aliphatic carbocycles. The van der Waals surface area contributed by atoms with Gasteiger partial charge in [0.25, 0.3) is 0 Å². The van der Waals surface area contributed by atoms with Crippen molar-refractivity contribution in [2.24, 2.45) is 0 Å². The second kappa shape index (κ2) is 6.05. The summed E-state index contributed by atoms with van der Waals surface area (Å²) in [4.78, 5) is 13.4. The molecule has 0 radical (unpaired) electrons. The maximum atomic E-state index is 12.7. The SMILES string of the molecule is COCC(=O)N1CCSC1c1cccc(C(F)(F)F)c1. The second-order valence-corrected chi connectivity index (χ2v) is 5.55. The summed E-state index contributed by atoms with van der Waals surface area (Å²) in [5.74, 6) is 0.496. The highest BCUT2D eigenvalue weighted by atomic mass is 32.2. The van der Waals surface area contributed by atoms with Gasteiger partial charge >= 0.3 is 6.18 Å². The van der Waals surface area contributed by atoms with Gasteiger partial charge in [0.15, 0.2) is 0 Å². The highest BCUT2D eigenvalue weighted by Crippen LogP contribution is 2.39. The lowest BCUT2D eigenvalue weighted by atomic mass is 10.1. The van der Waals surface area contributed by atoms with Crippen LogP contribution in [0.25, 0.3) is 0 Å². The summed E-state index contributed by atoms with van der Waals surface area (Å²) < 4.78 is 43.0. The molecule has 110 valence electrons. The molecule has 0 aromatic heterocycles. The summed E-state index contributed by atoms with van der Waals surface area (Å²) in [6.45, 7) is 0.462. The van der Waals surface area contributed by atoms with Crippen LogP contribution in [0.15, 0.2) is 24.3 Å².